The fourth-order valence-corrected chi connectivity index (χ4v) is 5.78. The van der Waals surface area contributed by atoms with E-state index in [0.717, 1.165) is 11.1 Å². The van der Waals surface area contributed by atoms with Crippen LogP contribution in [-0.2, 0) is 32.6 Å². The number of benzene rings is 2. The molecule has 2 heterocycles. The predicted molar refractivity (Wildman–Crippen MR) is 120 cm³/mol. The van der Waals surface area contributed by atoms with Crippen molar-refractivity contribution in [2.75, 3.05) is 32.7 Å². The number of piperazine rings is 1. The normalized spacial score (nSPS) is 20.0. The number of carbonyl (C=O) groups excluding carboxylic acids is 2. The van der Waals surface area contributed by atoms with E-state index in [-0.39, 0.29) is 43.5 Å². The van der Waals surface area contributed by atoms with E-state index < -0.39 is 22.0 Å². The van der Waals surface area contributed by atoms with Crippen LogP contribution >= 0.6 is 11.6 Å². The predicted octanol–water partition coefficient (Wildman–Crippen LogP) is 1.09. The molecule has 2 amide bonds. The van der Waals surface area contributed by atoms with Crippen molar-refractivity contribution in [3.63, 3.8) is 0 Å². The highest BCUT2D eigenvalue weighted by molar-refractivity contribution is 7.89. The Balaban J connectivity index is 1.39. The van der Waals surface area contributed by atoms with E-state index in [1.807, 2.05) is 29.2 Å². The molecule has 2 aromatic rings. The Labute approximate surface area is 192 Å². The highest BCUT2D eigenvalue weighted by atomic mass is 35.5. The van der Waals surface area contributed by atoms with Crippen LogP contribution in [0.4, 0.5) is 0 Å². The number of carbonyl (C=O) groups is 2. The molecular weight excluding hydrogens is 452 g/mol. The number of amides is 2. The van der Waals surface area contributed by atoms with Crippen molar-refractivity contribution in [3.05, 3.63) is 64.7 Å². The van der Waals surface area contributed by atoms with Crippen molar-refractivity contribution < 1.29 is 18.0 Å². The zero-order chi connectivity index (χ0) is 22.9. The van der Waals surface area contributed by atoms with Crippen molar-refractivity contribution >= 4 is 33.4 Å². The minimum absolute atomic E-state index is 0.0614. The molecule has 0 aliphatic carbocycles. The molecule has 0 saturated carbocycles. The standard InChI is InChI=1S/C22H25ClN4O4S/c23-18-5-7-19(8-6-18)32(30,31)27-11-9-25(10-12-27)21(28)15-26-14-17-4-2-1-3-16(17)13-20(26)22(24)29/h1-8,20H,9-15H2,(H2,24,29). The van der Waals surface area contributed by atoms with Crippen LogP contribution in [0.3, 0.4) is 0 Å². The molecule has 0 radical (unpaired) electrons. The van der Waals surface area contributed by atoms with Crippen LogP contribution in [0.5, 0.6) is 0 Å². The van der Waals surface area contributed by atoms with Crippen molar-refractivity contribution in [2.24, 2.45) is 5.73 Å². The molecule has 170 valence electrons. The van der Waals surface area contributed by atoms with Crippen LogP contribution in [0.25, 0.3) is 0 Å². The number of fused-ring (bicyclic) bond motifs is 1. The van der Waals surface area contributed by atoms with Gasteiger partial charge in [0, 0.05) is 37.7 Å². The summed E-state index contributed by atoms with van der Waals surface area (Å²) in [5, 5.41) is 0.467. The van der Waals surface area contributed by atoms with Gasteiger partial charge in [0.2, 0.25) is 21.8 Å². The Hall–Kier alpha value is -2.46. The van der Waals surface area contributed by atoms with E-state index in [2.05, 4.69) is 0 Å². The number of primary amides is 1. The summed E-state index contributed by atoms with van der Waals surface area (Å²) < 4.78 is 27.1. The molecule has 2 N–H and O–H groups in total. The van der Waals surface area contributed by atoms with Gasteiger partial charge < -0.3 is 10.6 Å². The van der Waals surface area contributed by atoms with Crippen LogP contribution < -0.4 is 5.73 Å². The third-order valence-electron chi connectivity index (χ3n) is 6.06. The molecule has 4 rings (SSSR count). The Bertz CT molecular complexity index is 1120. The van der Waals surface area contributed by atoms with Gasteiger partial charge in [-0.25, -0.2) is 8.42 Å². The van der Waals surface area contributed by atoms with Gasteiger partial charge in [0.1, 0.15) is 0 Å². The first-order valence-electron chi connectivity index (χ1n) is 10.4. The smallest absolute Gasteiger partial charge is 0.243 e. The van der Waals surface area contributed by atoms with Crippen molar-refractivity contribution in [2.45, 2.75) is 23.9 Å². The van der Waals surface area contributed by atoms with E-state index in [1.54, 1.807) is 17.0 Å². The van der Waals surface area contributed by atoms with Gasteiger partial charge >= 0.3 is 0 Å². The maximum Gasteiger partial charge on any atom is 0.243 e. The molecule has 2 aromatic carbocycles. The lowest BCUT2D eigenvalue weighted by molar-refractivity contribution is -0.136. The van der Waals surface area contributed by atoms with Gasteiger partial charge in [0.25, 0.3) is 0 Å². The largest absolute Gasteiger partial charge is 0.368 e. The molecule has 32 heavy (non-hydrogen) atoms. The van der Waals surface area contributed by atoms with Gasteiger partial charge in [-0.1, -0.05) is 35.9 Å². The van der Waals surface area contributed by atoms with E-state index in [9.17, 15) is 18.0 Å². The minimum atomic E-state index is -3.64. The summed E-state index contributed by atoms with van der Waals surface area (Å²) >= 11 is 5.85. The molecule has 8 nitrogen and oxygen atoms in total. The summed E-state index contributed by atoms with van der Waals surface area (Å²) in [6, 6.07) is 13.3. The minimum Gasteiger partial charge on any atom is -0.368 e. The summed E-state index contributed by atoms with van der Waals surface area (Å²) in [7, 11) is -3.64. The molecule has 1 fully saturated rings. The number of nitrogens with two attached hydrogens (primary N) is 1. The molecular formula is C22H25ClN4O4S. The fourth-order valence-electron chi connectivity index (χ4n) is 4.23. The first kappa shape index (κ1) is 22.7. The highest BCUT2D eigenvalue weighted by Crippen LogP contribution is 2.24. The van der Waals surface area contributed by atoms with E-state index in [1.165, 1.54) is 16.4 Å². The van der Waals surface area contributed by atoms with Crippen molar-refractivity contribution in [1.29, 1.82) is 0 Å². The molecule has 10 heteroatoms. The van der Waals surface area contributed by atoms with E-state index in [0.29, 0.717) is 18.0 Å². The summed E-state index contributed by atoms with van der Waals surface area (Å²) in [6.45, 7) is 1.53. The Morgan fingerprint density at radius 2 is 1.59 bits per heavy atom. The quantitative estimate of drug-likeness (QED) is 0.695. The third kappa shape index (κ3) is 4.66. The van der Waals surface area contributed by atoms with Crippen LogP contribution in [0.1, 0.15) is 11.1 Å². The molecule has 2 aliphatic heterocycles. The number of rotatable bonds is 5. The average Bonchev–Trinajstić information content (AvgIpc) is 2.79. The van der Waals surface area contributed by atoms with Gasteiger partial charge in [-0.3, -0.25) is 14.5 Å². The number of sulfonamides is 1. The van der Waals surface area contributed by atoms with E-state index >= 15 is 0 Å². The SMILES string of the molecule is NC(=O)C1Cc2ccccc2CN1CC(=O)N1CCN(S(=O)(=O)c2ccc(Cl)cc2)CC1. The second kappa shape index (κ2) is 9.19. The van der Waals surface area contributed by atoms with Crippen molar-refractivity contribution in [3.8, 4) is 0 Å². The molecule has 0 bridgehead atoms. The summed E-state index contributed by atoms with van der Waals surface area (Å²) in [4.78, 5) is 28.6. The summed E-state index contributed by atoms with van der Waals surface area (Å²) in [5.41, 5.74) is 7.76. The lowest BCUT2D eigenvalue weighted by Crippen LogP contribution is -2.55. The number of hydrogen-bond acceptors (Lipinski definition) is 5. The molecule has 2 aliphatic rings. The fraction of sp³-hybridized carbons (Fsp3) is 0.364. The van der Waals surface area contributed by atoms with Gasteiger partial charge in [-0.15, -0.1) is 0 Å². The second-order valence-electron chi connectivity index (χ2n) is 8.03. The Kier molecular flexibility index (Phi) is 6.52. The Morgan fingerprint density at radius 3 is 2.22 bits per heavy atom. The maximum absolute atomic E-state index is 13.0. The zero-order valence-corrected chi connectivity index (χ0v) is 19.1. The molecule has 0 aromatic heterocycles. The average molecular weight is 477 g/mol. The molecule has 1 atom stereocenters. The molecule has 1 unspecified atom stereocenters. The van der Waals surface area contributed by atoms with Crippen LogP contribution in [0.15, 0.2) is 53.4 Å². The second-order valence-corrected chi connectivity index (χ2v) is 10.4. The van der Waals surface area contributed by atoms with Gasteiger partial charge in [0.05, 0.1) is 17.5 Å². The van der Waals surface area contributed by atoms with Crippen LogP contribution in [-0.4, -0.2) is 73.1 Å². The van der Waals surface area contributed by atoms with Crippen LogP contribution in [0.2, 0.25) is 5.02 Å². The van der Waals surface area contributed by atoms with Crippen molar-refractivity contribution in [1.82, 2.24) is 14.1 Å². The highest BCUT2D eigenvalue weighted by Gasteiger charge is 2.34. The maximum atomic E-state index is 13.0. The van der Waals surface area contributed by atoms with Gasteiger partial charge in [0.15, 0.2) is 0 Å². The summed E-state index contributed by atoms with van der Waals surface area (Å²) in [6.07, 6.45) is 0.478. The van der Waals surface area contributed by atoms with Crippen LogP contribution in [0, 0.1) is 0 Å². The lowest BCUT2D eigenvalue weighted by Gasteiger charge is -2.38. The monoisotopic (exact) mass is 476 g/mol. The number of halogens is 1. The first-order chi connectivity index (χ1) is 15.3. The topological polar surface area (TPSA) is 104 Å². The van der Waals surface area contributed by atoms with Gasteiger partial charge in [-0.2, -0.15) is 4.31 Å². The Morgan fingerprint density at radius 1 is 0.969 bits per heavy atom. The third-order valence-corrected chi connectivity index (χ3v) is 8.22. The number of nitrogens with zero attached hydrogens (tertiary/aromatic N) is 3. The van der Waals surface area contributed by atoms with E-state index in [4.69, 9.17) is 17.3 Å². The van der Waals surface area contributed by atoms with Gasteiger partial charge in [-0.05, 0) is 41.8 Å². The lowest BCUT2D eigenvalue weighted by atomic mass is 9.93. The molecule has 1 saturated heterocycles. The summed E-state index contributed by atoms with van der Waals surface area (Å²) in [5.74, 6) is -0.592. The zero-order valence-electron chi connectivity index (χ0n) is 17.5. The first-order valence-corrected chi connectivity index (χ1v) is 12.2. The number of hydrogen-bond donors (Lipinski definition) is 1. The molecule has 0 spiro atoms.